The van der Waals surface area contributed by atoms with Crippen molar-refractivity contribution >= 4 is 17.3 Å². The summed E-state index contributed by atoms with van der Waals surface area (Å²) in [5, 5.41) is 17.9. The number of nitro groups is 1. The van der Waals surface area contributed by atoms with Gasteiger partial charge in [-0.05, 0) is 13.0 Å². The second kappa shape index (κ2) is 5.39. The molecule has 2 aromatic rings. The van der Waals surface area contributed by atoms with Crippen molar-refractivity contribution in [2.75, 3.05) is 11.9 Å². The van der Waals surface area contributed by atoms with Gasteiger partial charge >= 0.3 is 0 Å². The maximum atomic E-state index is 11.0. The number of anilines is 1. The number of hydrogen-bond acceptors (Lipinski definition) is 5. The summed E-state index contributed by atoms with van der Waals surface area (Å²) in [4.78, 5) is 21.5. The van der Waals surface area contributed by atoms with Crippen LogP contribution in [0.15, 0.2) is 30.6 Å². The summed E-state index contributed by atoms with van der Waals surface area (Å²) in [6, 6.07) is 4.51. The molecule has 0 radical (unpaired) electrons. The third kappa shape index (κ3) is 2.74. The molecular weight excluding hydrogens is 262 g/mol. The van der Waals surface area contributed by atoms with Crippen LogP contribution in [0.2, 0.25) is 0 Å². The molecule has 1 heterocycles. The summed E-state index contributed by atoms with van der Waals surface area (Å²) >= 11 is 0. The quantitative estimate of drug-likeness (QED) is 0.630. The topological polar surface area (TPSA) is 116 Å². The maximum absolute atomic E-state index is 11.0. The molecule has 104 valence electrons. The molecule has 8 nitrogen and oxygen atoms in total. The molecule has 3 N–H and O–H groups in total. The number of non-ortho nitro benzene ring substituents is 1. The Morgan fingerprint density at radius 2 is 2.25 bits per heavy atom. The zero-order valence-corrected chi connectivity index (χ0v) is 10.7. The lowest BCUT2D eigenvalue weighted by Gasteiger charge is -2.07. The third-order valence-electron chi connectivity index (χ3n) is 2.63. The van der Waals surface area contributed by atoms with Crippen LogP contribution in [0, 0.1) is 10.1 Å². The summed E-state index contributed by atoms with van der Waals surface area (Å²) in [7, 11) is 0. The van der Waals surface area contributed by atoms with Crippen LogP contribution in [0.5, 0.6) is 0 Å². The predicted molar refractivity (Wildman–Crippen MR) is 72.9 cm³/mol. The Bertz CT molecular complexity index is 665. The Labute approximate surface area is 114 Å². The molecular formula is C12H13N5O3. The lowest BCUT2D eigenvalue weighted by Crippen LogP contribution is -2.09. The fourth-order valence-electron chi connectivity index (χ4n) is 1.73. The molecule has 0 spiro atoms. The lowest BCUT2D eigenvalue weighted by atomic mass is 10.2. The molecule has 0 aliphatic carbocycles. The lowest BCUT2D eigenvalue weighted by molar-refractivity contribution is -0.384. The second-order valence-electron chi connectivity index (χ2n) is 4.06. The first kappa shape index (κ1) is 13.5. The van der Waals surface area contributed by atoms with Crippen molar-refractivity contribution < 1.29 is 9.72 Å². The van der Waals surface area contributed by atoms with E-state index in [1.54, 1.807) is 6.07 Å². The van der Waals surface area contributed by atoms with Crippen LogP contribution in [0.1, 0.15) is 17.3 Å². The molecule has 0 fully saturated rings. The highest BCUT2D eigenvalue weighted by molar-refractivity contribution is 5.92. The van der Waals surface area contributed by atoms with Gasteiger partial charge in [0.15, 0.2) is 0 Å². The van der Waals surface area contributed by atoms with Gasteiger partial charge in [-0.25, -0.2) is 4.68 Å². The van der Waals surface area contributed by atoms with E-state index in [0.717, 1.165) is 0 Å². The van der Waals surface area contributed by atoms with Gasteiger partial charge in [0.1, 0.15) is 0 Å². The minimum atomic E-state index is -0.603. The monoisotopic (exact) mass is 275 g/mol. The number of amides is 1. The zero-order chi connectivity index (χ0) is 14.7. The number of rotatable bonds is 5. The van der Waals surface area contributed by atoms with Crippen molar-refractivity contribution in [1.29, 1.82) is 0 Å². The number of nitrogens with zero attached hydrogens (tertiary/aromatic N) is 3. The molecule has 0 atom stereocenters. The first-order valence-corrected chi connectivity index (χ1v) is 5.89. The summed E-state index contributed by atoms with van der Waals surface area (Å²) in [5.74, 6) is -0.603. The molecule has 8 heteroatoms. The molecule has 1 amide bonds. The van der Waals surface area contributed by atoms with Gasteiger partial charge in [-0.3, -0.25) is 14.9 Å². The van der Waals surface area contributed by atoms with Crippen molar-refractivity contribution in [3.63, 3.8) is 0 Å². The van der Waals surface area contributed by atoms with Crippen molar-refractivity contribution in [2.24, 2.45) is 5.73 Å². The van der Waals surface area contributed by atoms with Crippen LogP contribution in [0.4, 0.5) is 11.4 Å². The first-order chi connectivity index (χ1) is 9.51. The van der Waals surface area contributed by atoms with Gasteiger partial charge in [-0.2, -0.15) is 5.10 Å². The number of nitrogens with one attached hydrogen (secondary N) is 1. The van der Waals surface area contributed by atoms with E-state index in [1.165, 1.54) is 29.2 Å². The van der Waals surface area contributed by atoms with E-state index in [2.05, 4.69) is 10.4 Å². The van der Waals surface area contributed by atoms with E-state index >= 15 is 0 Å². The molecule has 20 heavy (non-hydrogen) atoms. The third-order valence-corrected chi connectivity index (χ3v) is 2.63. The molecule has 0 bridgehead atoms. The number of hydrogen-bond donors (Lipinski definition) is 2. The molecule has 0 saturated heterocycles. The van der Waals surface area contributed by atoms with Crippen LogP contribution in [-0.4, -0.2) is 27.2 Å². The Balaban J connectivity index is 2.48. The minimum Gasteiger partial charge on any atom is -0.385 e. The molecule has 0 aliphatic heterocycles. The minimum absolute atomic E-state index is 0.0606. The van der Waals surface area contributed by atoms with Crippen molar-refractivity contribution in [3.8, 4) is 5.69 Å². The number of primary amides is 1. The second-order valence-corrected chi connectivity index (χ2v) is 4.06. The SMILES string of the molecule is CCNc1cc(-n2cc(C(N)=O)cn2)cc([N+](=O)[O-])c1. The van der Waals surface area contributed by atoms with Crippen molar-refractivity contribution in [1.82, 2.24) is 9.78 Å². The van der Waals surface area contributed by atoms with E-state index in [0.29, 0.717) is 17.9 Å². The highest BCUT2D eigenvalue weighted by Crippen LogP contribution is 2.23. The Morgan fingerprint density at radius 3 is 2.80 bits per heavy atom. The van der Waals surface area contributed by atoms with E-state index in [1.807, 2.05) is 6.92 Å². The number of benzene rings is 1. The van der Waals surface area contributed by atoms with E-state index in [4.69, 9.17) is 5.73 Å². The number of nitrogens with two attached hydrogens (primary N) is 1. The van der Waals surface area contributed by atoms with Crippen LogP contribution >= 0.6 is 0 Å². The van der Waals surface area contributed by atoms with Gasteiger partial charge in [0.05, 0.1) is 22.4 Å². The van der Waals surface area contributed by atoms with E-state index in [-0.39, 0.29) is 11.3 Å². The van der Waals surface area contributed by atoms with Gasteiger partial charge in [-0.15, -0.1) is 0 Å². The first-order valence-electron chi connectivity index (χ1n) is 5.89. The molecule has 1 aromatic heterocycles. The van der Waals surface area contributed by atoms with Gasteiger partial charge in [0, 0.05) is 30.6 Å². The fourth-order valence-corrected chi connectivity index (χ4v) is 1.73. The zero-order valence-electron chi connectivity index (χ0n) is 10.7. The van der Waals surface area contributed by atoms with Crippen LogP contribution in [-0.2, 0) is 0 Å². The largest absolute Gasteiger partial charge is 0.385 e. The smallest absolute Gasteiger partial charge is 0.273 e. The molecule has 0 aliphatic rings. The van der Waals surface area contributed by atoms with E-state index < -0.39 is 10.8 Å². The molecule has 0 unspecified atom stereocenters. The van der Waals surface area contributed by atoms with E-state index in [9.17, 15) is 14.9 Å². The fraction of sp³-hybridized carbons (Fsp3) is 0.167. The predicted octanol–water partition coefficient (Wildman–Crippen LogP) is 1.31. The Hall–Kier alpha value is -2.90. The van der Waals surface area contributed by atoms with Crippen molar-refractivity contribution in [2.45, 2.75) is 6.92 Å². The van der Waals surface area contributed by atoms with Gasteiger partial charge in [0.25, 0.3) is 11.6 Å². The maximum Gasteiger partial charge on any atom is 0.273 e. The normalized spacial score (nSPS) is 10.2. The summed E-state index contributed by atoms with van der Waals surface area (Å²) in [6.45, 7) is 2.52. The molecule has 0 saturated carbocycles. The van der Waals surface area contributed by atoms with Crippen LogP contribution in [0.25, 0.3) is 5.69 Å². The number of nitro benzene ring substituents is 1. The highest BCUT2D eigenvalue weighted by Gasteiger charge is 2.12. The Morgan fingerprint density at radius 1 is 1.50 bits per heavy atom. The van der Waals surface area contributed by atoms with Crippen LogP contribution < -0.4 is 11.1 Å². The highest BCUT2D eigenvalue weighted by atomic mass is 16.6. The number of carbonyl (C=O) groups is 1. The Kier molecular flexibility index (Phi) is 3.65. The van der Waals surface area contributed by atoms with Crippen LogP contribution in [0.3, 0.4) is 0 Å². The average molecular weight is 275 g/mol. The van der Waals surface area contributed by atoms with Gasteiger partial charge in [-0.1, -0.05) is 0 Å². The number of carbonyl (C=O) groups excluding carboxylic acids is 1. The molecule has 1 aromatic carbocycles. The van der Waals surface area contributed by atoms with Gasteiger partial charge in [0.2, 0.25) is 0 Å². The average Bonchev–Trinajstić information content (AvgIpc) is 2.88. The number of aromatic nitrogens is 2. The molecule has 2 rings (SSSR count). The standard InChI is InChI=1S/C12H13N5O3/c1-2-14-9-3-10(5-11(4-9)17(19)20)16-7-8(6-15-16)12(13)18/h3-7,14H,2H2,1H3,(H2,13,18). The van der Waals surface area contributed by atoms with Gasteiger partial charge < -0.3 is 11.1 Å². The van der Waals surface area contributed by atoms with Crippen molar-refractivity contribution in [3.05, 3.63) is 46.3 Å². The summed E-state index contributed by atoms with van der Waals surface area (Å²) in [5.41, 5.74) is 6.40. The summed E-state index contributed by atoms with van der Waals surface area (Å²) < 4.78 is 1.37. The summed E-state index contributed by atoms with van der Waals surface area (Å²) in [6.07, 6.45) is 2.74.